The van der Waals surface area contributed by atoms with Crippen molar-refractivity contribution in [1.29, 1.82) is 0 Å². The van der Waals surface area contributed by atoms with Crippen LogP contribution in [0.4, 0.5) is 0 Å². The van der Waals surface area contributed by atoms with Gasteiger partial charge in [-0.2, -0.15) is 0 Å². The first-order valence-electron chi connectivity index (χ1n) is 8.12. The van der Waals surface area contributed by atoms with E-state index >= 15 is 0 Å². The maximum absolute atomic E-state index is 12.5. The number of hydrogen-bond acceptors (Lipinski definition) is 2. The highest BCUT2D eigenvalue weighted by Gasteiger charge is 2.23. The predicted molar refractivity (Wildman–Crippen MR) is 97.8 cm³/mol. The molecule has 0 spiro atoms. The Kier molecular flexibility index (Phi) is 6.07. The molecule has 24 heavy (non-hydrogen) atoms. The molecule has 124 valence electrons. The first-order valence-corrected chi connectivity index (χ1v) is 8.12. The average molecular weight is 321 g/mol. The number of benzene rings is 2. The first-order chi connectivity index (χ1) is 11.5. The molecule has 0 unspecified atom stereocenters. The summed E-state index contributed by atoms with van der Waals surface area (Å²) in [5, 5.41) is 2.89. The van der Waals surface area contributed by atoms with Crippen molar-refractivity contribution in [2.75, 3.05) is 0 Å². The smallest absolute Gasteiger partial charge is 0.251 e. The van der Waals surface area contributed by atoms with Crippen LogP contribution in [0.1, 0.15) is 35.3 Å². The number of rotatable bonds is 7. The van der Waals surface area contributed by atoms with Crippen molar-refractivity contribution in [3.63, 3.8) is 0 Å². The van der Waals surface area contributed by atoms with Gasteiger partial charge < -0.3 is 5.32 Å². The van der Waals surface area contributed by atoms with E-state index in [9.17, 15) is 9.59 Å². The van der Waals surface area contributed by atoms with Crippen LogP contribution in [0.15, 0.2) is 61.2 Å². The second-order valence-corrected chi connectivity index (χ2v) is 6.10. The Labute approximate surface area is 143 Å². The number of Topliss-reactive ketones (excluding diaryl/α,β-unsaturated/α-hetero) is 1. The lowest BCUT2D eigenvalue weighted by Gasteiger charge is -2.20. The van der Waals surface area contributed by atoms with Gasteiger partial charge in [-0.25, -0.2) is 0 Å². The summed E-state index contributed by atoms with van der Waals surface area (Å²) in [6, 6.07) is 16.3. The summed E-state index contributed by atoms with van der Waals surface area (Å²) in [7, 11) is 0. The van der Waals surface area contributed by atoms with Crippen molar-refractivity contribution >= 4 is 17.8 Å². The number of amides is 1. The SMILES string of the molecule is C=Cc1ccc(C(=O)N[C@@H](Cc2ccccc2)C(=O)C(C)C)cc1. The van der Waals surface area contributed by atoms with Crippen LogP contribution in [0.25, 0.3) is 6.08 Å². The molecule has 0 saturated heterocycles. The van der Waals surface area contributed by atoms with Gasteiger partial charge in [0.15, 0.2) is 5.78 Å². The van der Waals surface area contributed by atoms with Crippen molar-refractivity contribution in [2.24, 2.45) is 5.92 Å². The molecule has 0 aromatic heterocycles. The van der Waals surface area contributed by atoms with Gasteiger partial charge in [0.05, 0.1) is 6.04 Å². The van der Waals surface area contributed by atoms with Crippen LogP contribution in [0.5, 0.6) is 0 Å². The predicted octanol–water partition coefficient (Wildman–Crippen LogP) is 3.90. The summed E-state index contributed by atoms with van der Waals surface area (Å²) in [6.07, 6.45) is 2.22. The standard InChI is InChI=1S/C21H23NO2/c1-4-16-10-12-18(13-11-16)21(24)22-19(20(23)15(2)3)14-17-8-6-5-7-9-17/h4-13,15,19H,1,14H2,2-3H3,(H,22,24)/t19-/m0/s1. The zero-order chi connectivity index (χ0) is 17.5. The molecule has 0 fully saturated rings. The molecule has 0 radical (unpaired) electrons. The normalized spacial score (nSPS) is 11.8. The molecule has 1 N–H and O–H groups in total. The van der Waals surface area contributed by atoms with E-state index in [1.165, 1.54) is 0 Å². The van der Waals surface area contributed by atoms with E-state index in [1.807, 2.05) is 56.3 Å². The van der Waals surface area contributed by atoms with E-state index in [0.29, 0.717) is 12.0 Å². The molecule has 0 aliphatic rings. The summed E-state index contributed by atoms with van der Waals surface area (Å²) in [4.78, 5) is 25.0. The maximum atomic E-state index is 12.5. The molecule has 2 aromatic carbocycles. The first kappa shape index (κ1) is 17.7. The maximum Gasteiger partial charge on any atom is 0.251 e. The number of ketones is 1. The summed E-state index contributed by atoms with van der Waals surface area (Å²) < 4.78 is 0. The van der Waals surface area contributed by atoms with E-state index in [4.69, 9.17) is 0 Å². The Morgan fingerprint density at radius 3 is 2.21 bits per heavy atom. The monoisotopic (exact) mass is 321 g/mol. The fourth-order valence-corrected chi connectivity index (χ4v) is 2.49. The molecule has 2 rings (SSSR count). The van der Waals surface area contributed by atoms with Crippen LogP contribution in [0.3, 0.4) is 0 Å². The highest BCUT2D eigenvalue weighted by atomic mass is 16.2. The third-order valence-corrected chi connectivity index (χ3v) is 3.91. The second kappa shape index (κ2) is 8.25. The molecule has 3 nitrogen and oxygen atoms in total. The molecule has 0 bridgehead atoms. The molecule has 1 atom stereocenters. The lowest BCUT2D eigenvalue weighted by molar-refractivity contribution is -0.123. The Bertz CT molecular complexity index is 702. The lowest BCUT2D eigenvalue weighted by atomic mass is 9.95. The zero-order valence-corrected chi connectivity index (χ0v) is 14.2. The third-order valence-electron chi connectivity index (χ3n) is 3.91. The van der Waals surface area contributed by atoms with Gasteiger partial charge in [0, 0.05) is 11.5 Å². The van der Waals surface area contributed by atoms with Gasteiger partial charge >= 0.3 is 0 Å². The number of carbonyl (C=O) groups is 2. The molecule has 0 heterocycles. The van der Waals surface area contributed by atoms with Crippen LogP contribution in [0, 0.1) is 5.92 Å². The van der Waals surface area contributed by atoms with E-state index in [-0.39, 0.29) is 17.6 Å². The Morgan fingerprint density at radius 2 is 1.67 bits per heavy atom. The Hall–Kier alpha value is -2.68. The van der Waals surface area contributed by atoms with Gasteiger partial charge in [-0.05, 0) is 29.7 Å². The number of hydrogen-bond donors (Lipinski definition) is 1. The van der Waals surface area contributed by atoms with Gasteiger partial charge in [0.2, 0.25) is 0 Å². The average Bonchev–Trinajstić information content (AvgIpc) is 2.61. The topological polar surface area (TPSA) is 46.2 Å². The van der Waals surface area contributed by atoms with E-state index in [2.05, 4.69) is 11.9 Å². The summed E-state index contributed by atoms with van der Waals surface area (Å²) in [5.41, 5.74) is 2.51. The van der Waals surface area contributed by atoms with Crippen LogP contribution >= 0.6 is 0 Å². The molecule has 3 heteroatoms. The van der Waals surface area contributed by atoms with Gasteiger partial charge in [-0.15, -0.1) is 0 Å². The molecule has 0 aliphatic heterocycles. The van der Waals surface area contributed by atoms with E-state index < -0.39 is 6.04 Å². The fourth-order valence-electron chi connectivity index (χ4n) is 2.49. The van der Waals surface area contributed by atoms with Crippen molar-refractivity contribution in [1.82, 2.24) is 5.32 Å². The van der Waals surface area contributed by atoms with Crippen LogP contribution in [0.2, 0.25) is 0 Å². The molecule has 0 saturated carbocycles. The van der Waals surface area contributed by atoms with Gasteiger partial charge in [0.25, 0.3) is 5.91 Å². The van der Waals surface area contributed by atoms with Crippen LogP contribution < -0.4 is 5.32 Å². The van der Waals surface area contributed by atoms with Crippen molar-refractivity contribution in [3.05, 3.63) is 77.9 Å². The van der Waals surface area contributed by atoms with Gasteiger partial charge in [0.1, 0.15) is 0 Å². The van der Waals surface area contributed by atoms with Gasteiger partial charge in [-0.3, -0.25) is 9.59 Å². The number of nitrogens with one attached hydrogen (secondary N) is 1. The molecule has 0 aliphatic carbocycles. The molecular weight excluding hydrogens is 298 g/mol. The highest BCUT2D eigenvalue weighted by Crippen LogP contribution is 2.11. The van der Waals surface area contributed by atoms with Crippen molar-refractivity contribution in [3.8, 4) is 0 Å². The van der Waals surface area contributed by atoms with Crippen molar-refractivity contribution in [2.45, 2.75) is 26.3 Å². The third kappa shape index (κ3) is 4.66. The minimum Gasteiger partial charge on any atom is -0.342 e. The quantitative estimate of drug-likeness (QED) is 0.841. The minimum absolute atomic E-state index is 0.0370. The molecule has 2 aromatic rings. The molecule has 1 amide bonds. The zero-order valence-electron chi connectivity index (χ0n) is 14.2. The lowest BCUT2D eigenvalue weighted by Crippen LogP contribution is -2.44. The van der Waals surface area contributed by atoms with Gasteiger partial charge in [-0.1, -0.05) is 69.0 Å². The fraction of sp³-hybridized carbons (Fsp3) is 0.238. The van der Waals surface area contributed by atoms with Crippen LogP contribution in [-0.2, 0) is 11.2 Å². The highest BCUT2D eigenvalue weighted by molar-refractivity contribution is 5.98. The minimum atomic E-state index is -0.529. The summed E-state index contributed by atoms with van der Waals surface area (Å²) in [5.74, 6) is -0.336. The van der Waals surface area contributed by atoms with E-state index in [1.54, 1.807) is 18.2 Å². The largest absolute Gasteiger partial charge is 0.342 e. The summed E-state index contributed by atoms with van der Waals surface area (Å²) >= 11 is 0. The van der Waals surface area contributed by atoms with Crippen molar-refractivity contribution < 1.29 is 9.59 Å². The molecular formula is C21H23NO2. The second-order valence-electron chi connectivity index (χ2n) is 6.10. The van der Waals surface area contributed by atoms with E-state index in [0.717, 1.165) is 11.1 Å². The number of carbonyl (C=O) groups excluding carboxylic acids is 2. The summed E-state index contributed by atoms with van der Waals surface area (Å²) in [6.45, 7) is 7.40. The van der Waals surface area contributed by atoms with Crippen LogP contribution in [-0.4, -0.2) is 17.7 Å². The Balaban J connectivity index is 2.15. The Morgan fingerprint density at radius 1 is 1.04 bits per heavy atom.